The molecule has 0 saturated carbocycles. The van der Waals surface area contributed by atoms with Gasteiger partial charge in [-0.2, -0.15) is 8.78 Å². The number of anilines is 1. The summed E-state index contributed by atoms with van der Waals surface area (Å²) >= 11 is 5.82. The normalized spacial score (nSPS) is 11.7. The summed E-state index contributed by atoms with van der Waals surface area (Å²) in [5.74, 6) is -1.39. The number of rotatable bonds is 6. The fraction of sp³-hybridized carbons (Fsp3) is 0.176. The lowest BCUT2D eigenvalue weighted by molar-refractivity contribution is -0.123. The summed E-state index contributed by atoms with van der Waals surface area (Å²) in [5.41, 5.74) is 0.568. The molecule has 0 aromatic heterocycles. The highest BCUT2D eigenvalue weighted by Crippen LogP contribution is 2.17. The molecule has 0 spiro atoms. The first-order valence-electron chi connectivity index (χ1n) is 7.17. The van der Waals surface area contributed by atoms with E-state index in [9.17, 15) is 18.4 Å². The van der Waals surface area contributed by atoms with E-state index in [2.05, 4.69) is 10.1 Å². The quantitative estimate of drug-likeness (QED) is 0.778. The maximum atomic E-state index is 12.1. The van der Waals surface area contributed by atoms with Crippen LogP contribution in [0.3, 0.4) is 0 Å². The third kappa shape index (κ3) is 5.72. The molecule has 8 heteroatoms. The Hall–Kier alpha value is -2.67. The van der Waals surface area contributed by atoms with Crippen molar-refractivity contribution in [2.45, 2.75) is 19.6 Å². The van der Waals surface area contributed by atoms with E-state index in [0.29, 0.717) is 10.7 Å². The van der Waals surface area contributed by atoms with Crippen LogP contribution in [0.1, 0.15) is 17.3 Å². The average Bonchev–Trinajstić information content (AvgIpc) is 2.54. The Bertz CT molecular complexity index is 753. The van der Waals surface area contributed by atoms with Crippen molar-refractivity contribution in [1.29, 1.82) is 0 Å². The first kappa shape index (κ1) is 18.7. The Morgan fingerprint density at radius 2 is 1.80 bits per heavy atom. The fourth-order valence-corrected chi connectivity index (χ4v) is 2.05. The summed E-state index contributed by atoms with van der Waals surface area (Å²) in [7, 11) is 0. The number of alkyl halides is 2. The number of hydrogen-bond acceptors (Lipinski definition) is 4. The molecule has 0 saturated heterocycles. The molecule has 0 unspecified atom stereocenters. The second-order valence-electron chi connectivity index (χ2n) is 4.95. The van der Waals surface area contributed by atoms with Gasteiger partial charge in [-0.15, -0.1) is 0 Å². The number of nitrogens with one attached hydrogen (secondary N) is 1. The predicted molar refractivity (Wildman–Crippen MR) is 88.0 cm³/mol. The van der Waals surface area contributed by atoms with Crippen LogP contribution in [0.2, 0.25) is 5.02 Å². The molecule has 0 aliphatic heterocycles. The highest BCUT2D eigenvalue weighted by atomic mass is 35.5. The summed E-state index contributed by atoms with van der Waals surface area (Å²) < 4.78 is 33.4. The van der Waals surface area contributed by atoms with Gasteiger partial charge in [-0.1, -0.05) is 17.7 Å². The van der Waals surface area contributed by atoms with Crippen molar-refractivity contribution in [1.82, 2.24) is 0 Å². The minimum absolute atomic E-state index is 0.0849. The third-order valence-electron chi connectivity index (χ3n) is 3.06. The SMILES string of the molecule is C[C@H](OC(=O)c1ccc(OC(F)F)cc1)C(=O)Nc1cccc(Cl)c1. The Morgan fingerprint density at radius 3 is 2.40 bits per heavy atom. The Kier molecular flexibility index (Phi) is 6.30. The maximum absolute atomic E-state index is 12.1. The fourth-order valence-electron chi connectivity index (χ4n) is 1.86. The second-order valence-corrected chi connectivity index (χ2v) is 5.39. The summed E-state index contributed by atoms with van der Waals surface area (Å²) in [6, 6.07) is 11.5. The molecular formula is C17H14ClF2NO4. The topological polar surface area (TPSA) is 64.6 Å². The number of carbonyl (C=O) groups is 2. The zero-order valence-corrected chi connectivity index (χ0v) is 13.8. The van der Waals surface area contributed by atoms with Crippen LogP contribution < -0.4 is 10.1 Å². The van der Waals surface area contributed by atoms with Crippen molar-refractivity contribution >= 4 is 29.2 Å². The number of carbonyl (C=O) groups excluding carboxylic acids is 2. The molecule has 0 bridgehead atoms. The predicted octanol–water partition coefficient (Wildman–Crippen LogP) is 4.13. The van der Waals surface area contributed by atoms with Crippen LogP contribution in [0.15, 0.2) is 48.5 Å². The van der Waals surface area contributed by atoms with Crippen molar-refractivity contribution in [2.24, 2.45) is 0 Å². The molecule has 2 rings (SSSR count). The van der Waals surface area contributed by atoms with Crippen LogP contribution in [-0.2, 0) is 9.53 Å². The van der Waals surface area contributed by atoms with Crippen LogP contribution in [0, 0.1) is 0 Å². The van der Waals surface area contributed by atoms with Gasteiger partial charge in [0.1, 0.15) is 5.75 Å². The van der Waals surface area contributed by atoms with E-state index in [1.54, 1.807) is 24.3 Å². The zero-order chi connectivity index (χ0) is 18.4. The molecule has 0 aliphatic rings. The molecule has 2 aromatic carbocycles. The smallest absolute Gasteiger partial charge is 0.387 e. The lowest BCUT2D eigenvalue weighted by Gasteiger charge is -2.14. The first-order valence-corrected chi connectivity index (χ1v) is 7.55. The molecule has 0 aliphatic carbocycles. The number of ether oxygens (including phenoxy) is 2. The van der Waals surface area contributed by atoms with E-state index >= 15 is 0 Å². The number of amides is 1. The molecule has 25 heavy (non-hydrogen) atoms. The lowest BCUT2D eigenvalue weighted by Crippen LogP contribution is -2.30. The van der Waals surface area contributed by atoms with Crippen LogP contribution in [0.4, 0.5) is 14.5 Å². The number of halogens is 3. The molecule has 0 radical (unpaired) electrons. The molecule has 0 heterocycles. The van der Waals surface area contributed by atoms with E-state index < -0.39 is 24.6 Å². The van der Waals surface area contributed by atoms with E-state index in [4.69, 9.17) is 16.3 Å². The lowest BCUT2D eigenvalue weighted by atomic mass is 10.2. The zero-order valence-electron chi connectivity index (χ0n) is 13.0. The Labute approximate surface area is 147 Å². The van der Waals surface area contributed by atoms with Gasteiger partial charge in [-0.3, -0.25) is 4.79 Å². The van der Waals surface area contributed by atoms with Crippen LogP contribution in [-0.4, -0.2) is 24.6 Å². The van der Waals surface area contributed by atoms with Gasteiger partial charge in [-0.25, -0.2) is 4.79 Å². The van der Waals surface area contributed by atoms with Crippen LogP contribution in [0.25, 0.3) is 0 Å². The molecular weight excluding hydrogens is 356 g/mol. The van der Waals surface area contributed by atoms with Crippen LogP contribution in [0.5, 0.6) is 5.75 Å². The average molecular weight is 370 g/mol. The van der Waals surface area contributed by atoms with E-state index in [1.807, 2.05) is 0 Å². The molecule has 1 atom stereocenters. The van der Waals surface area contributed by atoms with Crippen molar-refractivity contribution in [2.75, 3.05) is 5.32 Å². The van der Waals surface area contributed by atoms with E-state index in [1.165, 1.54) is 31.2 Å². The summed E-state index contributed by atoms with van der Waals surface area (Å²) in [6.45, 7) is -1.54. The molecule has 0 fully saturated rings. The molecule has 1 amide bonds. The molecule has 1 N–H and O–H groups in total. The Balaban J connectivity index is 1.93. The van der Waals surface area contributed by atoms with Gasteiger partial charge in [0.05, 0.1) is 5.56 Å². The standard InChI is InChI=1S/C17H14ClF2NO4/c1-10(15(22)21-13-4-2-3-12(18)9-13)24-16(23)11-5-7-14(8-6-11)25-17(19)20/h2-10,17H,1H3,(H,21,22)/t10-/m0/s1. The van der Waals surface area contributed by atoms with Crippen molar-refractivity contribution in [3.8, 4) is 5.75 Å². The van der Waals surface area contributed by atoms with Gasteiger partial charge in [0.25, 0.3) is 5.91 Å². The van der Waals surface area contributed by atoms with E-state index in [0.717, 1.165) is 0 Å². The monoisotopic (exact) mass is 369 g/mol. The highest BCUT2D eigenvalue weighted by molar-refractivity contribution is 6.30. The minimum Gasteiger partial charge on any atom is -0.449 e. The Morgan fingerprint density at radius 1 is 1.12 bits per heavy atom. The van der Waals surface area contributed by atoms with Gasteiger partial charge in [0.15, 0.2) is 6.10 Å². The van der Waals surface area contributed by atoms with Gasteiger partial charge < -0.3 is 14.8 Å². The van der Waals surface area contributed by atoms with Crippen molar-refractivity contribution in [3.05, 3.63) is 59.1 Å². The van der Waals surface area contributed by atoms with Crippen LogP contribution >= 0.6 is 11.6 Å². The van der Waals surface area contributed by atoms with Gasteiger partial charge in [0.2, 0.25) is 0 Å². The molecule has 5 nitrogen and oxygen atoms in total. The number of hydrogen-bond donors (Lipinski definition) is 1. The van der Waals surface area contributed by atoms with Gasteiger partial charge >= 0.3 is 12.6 Å². The van der Waals surface area contributed by atoms with Crippen molar-refractivity contribution < 1.29 is 27.8 Å². The second kappa shape index (κ2) is 8.43. The van der Waals surface area contributed by atoms with Gasteiger partial charge in [0, 0.05) is 10.7 Å². The minimum atomic E-state index is -2.95. The number of benzene rings is 2. The summed E-state index contributed by atoms with van der Waals surface area (Å²) in [4.78, 5) is 24.0. The largest absolute Gasteiger partial charge is 0.449 e. The molecule has 2 aromatic rings. The summed E-state index contributed by atoms with van der Waals surface area (Å²) in [6.07, 6.45) is -1.07. The third-order valence-corrected chi connectivity index (χ3v) is 3.30. The van der Waals surface area contributed by atoms with E-state index in [-0.39, 0.29) is 11.3 Å². The molecule has 132 valence electrons. The summed E-state index contributed by atoms with van der Waals surface area (Å²) in [5, 5.41) is 3.02. The number of esters is 1. The highest BCUT2D eigenvalue weighted by Gasteiger charge is 2.19. The first-order chi connectivity index (χ1) is 11.8. The maximum Gasteiger partial charge on any atom is 0.387 e. The van der Waals surface area contributed by atoms with Crippen molar-refractivity contribution in [3.63, 3.8) is 0 Å². The van der Waals surface area contributed by atoms with Gasteiger partial charge in [-0.05, 0) is 49.4 Å².